The number of urea groups is 1. The molecule has 10 nitrogen and oxygen atoms in total. The number of aromatic nitrogens is 2. The Balaban J connectivity index is 1.77. The van der Waals surface area contributed by atoms with Gasteiger partial charge in [-0.2, -0.15) is 5.26 Å². The number of nitrogens with one attached hydrogen (secondary N) is 1. The van der Waals surface area contributed by atoms with Crippen molar-refractivity contribution >= 4 is 28.8 Å². The summed E-state index contributed by atoms with van der Waals surface area (Å²) in [7, 11) is 0. The Morgan fingerprint density at radius 3 is 2.69 bits per heavy atom. The highest BCUT2D eigenvalue weighted by Crippen LogP contribution is 2.20. The Bertz CT molecular complexity index is 1100. The maximum Gasteiger partial charge on any atom is 0.326 e. The van der Waals surface area contributed by atoms with Gasteiger partial charge in [-0.3, -0.25) is 23.9 Å². The molecule has 0 saturated carbocycles. The monoisotopic (exact) mass is 397 g/mol. The van der Waals surface area contributed by atoms with Gasteiger partial charge in [0.15, 0.2) is 5.82 Å². The Labute approximate surface area is 165 Å². The summed E-state index contributed by atoms with van der Waals surface area (Å²) in [6, 6.07) is 7.84. The number of fused-ring (bicyclic) bond motifs is 1. The zero-order valence-corrected chi connectivity index (χ0v) is 16.0. The first-order valence-corrected chi connectivity index (χ1v) is 8.96. The maximum absolute atomic E-state index is 12.6. The van der Waals surface area contributed by atoms with Gasteiger partial charge in [0.25, 0.3) is 11.5 Å². The summed E-state index contributed by atoms with van der Waals surface area (Å²) in [5.74, 6) is -1.24. The molecule has 3 rings (SSSR count). The standard InChI is InChI=1S/C19H19N5O5/c1-3-19(2)17(27)24(18(28)22-19)10-15(25)29-11-14-21-13-7-5-4-6-12(13)16(26)23(14)9-8-20/h4-7H,3,9-11H2,1-2H3,(H,22,28)/t19-/m0/s1. The molecule has 2 aromatic rings. The summed E-state index contributed by atoms with van der Waals surface area (Å²) in [5.41, 5.74) is -1.06. The van der Waals surface area contributed by atoms with Crippen LogP contribution in [0.25, 0.3) is 10.9 Å². The number of hydrogen-bond acceptors (Lipinski definition) is 7. The topological polar surface area (TPSA) is 134 Å². The molecule has 1 saturated heterocycles. The number of para-hydroxylation sites is 1. The second kappa shape index (κ2) is 7.71. The second-order valence-electron chi connectivity index (χ2n) is 6.76. The van der Waals surface area contributed by atoms with Crippen LogP contribution in [0.1, 0.15) is 26.1 Å². The maximum atomic E-state index is 12.6. The van der Waals surface area contributed by atoms with E-state index in [0.717, 1.165) is 9.47 Å². The summed E-state index contributed by atoms with van der Waals surface area (Å²) in [5, 5.41) is 11.9. The van der Waals surface area contributed by atoms with Crippen LogP contribution < -0.4 is 10.9 Å². The number of benzene rings is 1. The molecule has 1 aliphatic heterocycles. The van der Waals surface area contributed by atoms with E-state index in [9.17, 15) is 19.2 Å². The first-order chi connectivity index (χ1) is 13.8. The van der Waals surface area contributed by atoms with Crippen molar-refractivity contribution < 1.29 is 19.1 Å². The van der Waals surface area contributed by atoms with Crippen molar-refractivity contribution in [2.75, 3.05) is 6.54 Å². The lowest BCUT2D eigenvalue weighted by atomic mass is 9.99. The Morgan fingerprint density at radius 2 is 2.03 bits per heavy atom. The van der Waals surface area contributed by atoms with Crippen molar-refractivity contribution in [1.82, 2.24) is 19.8 Å². The number of carbonyl (C=O) groups excluding carboxylic acids is 3. The number of nitrogens with zero attached hydrogens (tertiary/aromatic N) is 4. The highest BCUT2D eigenvalue weighted by Gasteiger charge is 2.47. The van der Waals surface area contributed by atoms with Crippen molar-refractivity contribution in [1.29, 1.82) is 5.26 Å². The number of esters is 1. The molecule has 1 aromatic heterocycles. The van der Waals surface area contributed by atoms with Crippen molar-refractivity contribution in [2.24, 2.45) is 0 Å². The molecule has 1 N–H and O–H groups in total. The van der Waals surface area contributed by atoms with Gasteiger partial charge in [-0.25, -0.2) is 9.78 Å². The molecule has 0 bridgehead atoms. The van der Waals surface area contributed by atoms with Crippen molar-refractivity contribution in [3.8, 4) is 6.07 Å². The molecule has 150 valence electrons. The van der Waals surface area contributed by atoms with E-state index in [4.69, 9.17) is 10.00 Å². The van der Waals surface area contributed by atoms with Crippen LogP contribution in [0.2, 0.25) is 0 Å². The molecule has 3 amide bonds. The molecular formula is C19H19N5O5. The number of hydrogen-bond donors (Lipinski definition) is 1. The number of imide groups is 1. The summed E-state index contributed by atoms with van der Waals surface area (Å²) in [4.78, 5) is 54.2. The van der Waals surface area contributed by atoms with Gasteiger partial charge in [0.1, 0.15) is 25.2 Å². The minimum absolute atomic E-state index is 0.0965. The third-order valence-electron chi connectivity index (χ3n) is 4.87. The number of ether oxygens (including phenoxy) is 1. The zero-order valence-electron chi connectivity index (χ0n) is 16.0. The smallest absolute Gasteiger partial charge is 0.326 e. The second-order valence-corrected chi connectivity index (χ2v) is 6.76. The highest BCUT2D eigenvalue weighted by molar-refractivity contribution is 6.08. The molecule has 0 unspecified atom stereocenters. The summed E-state index contributed by atoms with van der Waals surface area (Å²) < 4.78 is 6.26. The molecule has 0 radical (unpaired) electrons. The van der Waals surface area contributed by atoms with Crippen LogP contribution in [0.5, 0.6) is 0 Å². The van der Waals surface area contributed by atoms with E-state index in [-0.39, 0.29) is 19.0 Å². The minimum Gasteiger partial charge on any atom is -0.456 e. The van der Waals surface area contributed by atoms with Gasteiger partial charge in [0.05, 0.1) is 17.0 Å². The predicted octanol–water partition coefficient (Wildman–Crippen LogP) is 0.684. The zero-order chi connectivity index (χ0) is 21.2. The average molecular weight is 397 g/mol. The van der Waals surface area contributed by atoms with Crippen LogP contribution in [0.4, 0.5) is 4.79 Å². The van der Waals surface area contributed by atoms with E-state index in [1.165, 1.54) is 0 Å². The third-order valence-corrected chi connectivity index (χ3v) is 4.87. The van der Waals surface area contributed by atoms with E-state index in [1.54, 1.807) is 38.1 Å². The van der Waals surface area contributed by atoms with Gasteiger partial charge in [0, 0.05) is 0 Å². The van der Waals surface area contributed by atoms with Gasteiger partial charge in [-0.1, -0.05) is 19.1 Å². The first kappa shape index (κ1) is 20.0. The molecule has 0 aliphatic carbocycles. The summed E-state index contributed by atoms with van der Waals surface area (Å²) >= 11 is 0. The molecule has 2 heterocycles. The van der Waals surface area contributed by atoms with E-state index < -0.39 is 35.6 Å². The fourth-order valence-corrected chi connectivity index (χ4v) is 3.01. The fraction of sp³-hybridized carbons (Fsp3) is 0.368. The Kier molecular flexibility index (Phi) is 5.32. The summed E-state index contributed by atoms with van der Waals surface area (Å²) in [6.45, 7) is 2.13. The Morgan fingerprint density at radius 1 is 1.31 bits per heavy atom. The van der Waals surface area contributed by atoms with Gasteiger partial charge in [-0.05, 0) is 25.5 Å². The van der Waals surface area contributed by atoms with Crippen molar-refractivity contribution in [3.05, 3.63) is 40.4 Å². The molecule has 10 heteroatoms. The van der Waals surface area contributed by atoms with E-state index in [2.05, 4.69) is 10.3 Å². The quantitative estimate of drug-likeness (QED) is 0.559. The SMILES string of the molecule is CC[C@]1(C)NC(=O)N(CC(=O)OCc2nc3ccccc3c(=O)n2CC#N)C1=O. The molecule has 1 atom stereocenters. The molecule has 1 aromatic carbocycles. The number of nitriles is 1. The normalized spacial score (nSPS) is 18.6. The highest BCUT2D eigenvalue weighted by atomic mass is 16.5. The number of amides is 3. The van der Waals surface area contributed by atoms with E-state index >= 15 is 0 Å². The lowest BCUT2D eigenvalue weighted by molar-refractivity contribution is -0.149. The average Bonchev–Trinajstić information content (AvgIpc) is 2.92. The molecule has 29 heavy (non-hydrogen) atoms. The van der Waals surface area contributed by atoms with Crippen LogP contribution in [-0.2, 0) is 27.5 Å². The molecule has 0 spiro atoms. The van der Waals surface area contributed by atoms with Crippen molar-refractivity contribution in [2.45, 2.75) is 39.0 Å². The van der Waals surface area contributed by atoms with E-state index in [0.29, 0.717) is 17.3 Å². The van der Waals surface area contributed by atoms with Crippen LogP contribution in [0.3, 0.4) is 0 Å². The van der Waals surface area contributed by atoms with Crippen LogP contribution in [-0.4, -0.2) is 44.4 Å². The van der Waals surface area contributed by atoms with Crippen molar-refractivity contribution in [3.63, 3.8) is 0 Å². The lowest BCUT2D eigenvalue weighted by Gasteiger charge is -2.19. The van der Waals surface area contributed by atoms with Crippen LogP contribution in [0, 0.1) is 11.3 Å². The first-order valence-electron chi connectivity index (χ1n) is 8.96. The van der Waals surface area contributed by atoms with Gasteiger partial charge in [0.2, 0.25) is 0 Å². The van der Waals surface area contributed by atoms with Gasteiger partial charge < -0.3 is 10.1 Å². The minimum atomic E-state index is -1.05. The van der Waals surface area contributed by atoms with Gasteiger partial charge in [-0.15, -0.1) is 0 Å². The third kappa shape index (κ3) is 3.67. The van der Waals surface area contributed by atoms with Crippen LogP contribution in [0.15, 0.2) is 29.1 Å². The molecule has 1 fully saturated rings. The Hall–Kier alpha value is -3.74. The molecular weight excluding hydrogens is 378 g/mol. The fourth-order valence-electron chi connectivity index (χ4n) is 3.01. The number of carbonyl (C=O) groups is 3. The predicted molar refractivity (Wildman–Crippen MR) is 100 cm³/mol. The lowest BCUT2D eigenvalue weighted by Crippen LogP contribution is -2.43. The number of rotatable bonds is 6. The molecule has 1 aliphatic rings. The van der Waals surface area contributed by atoms with Crippen LogP contribution >= 0.6 is 0 Å². The summed E-state index contributed by atoms with van der Waals surface area (Å²) in [6.07, 6.45) is 0.380. The van der Waals surface area contributed by atoms with Gasteiger partial charge >= 0.3 is 12.0 Å². The largest absolute Gasteiger partial charge is 0.456 e. The van der Waals surface area contributed by atoms with E-state index in [1.807, 2.05) is 6.07 Å².